The Bertz CT molecular complexity index is 1050. The van der Waals surface area contributed by atoms with Gasteiger partial charge in [0, 0.05) is 17.7 Å². The molecule has 1 aromatic heterocycles. The maximum Gasteiger partial charge on any atom is 0.250 e. The van der Waals surface area contributed by atoms with Crippen molar-refractivity contribution in [1.29, 1.82) is 0 Å². The molecule has 30 heavy (non-hydrogen) atoms. The van der Waals surface area contributed by atoms with Gasteiger partial charge in [0.1, 0.15) is 0 Å². The first-order valence-electron chi connectivity index (χ1n) is 9.35. The average molecular weight is 426 g/mol. The number of carbonyl (C=O) groups is 1. The van der Waals surface area contributed by atoms with Gasteiger partial charge in [-0.05, 0) is 32.0 Å². The fourth-order valence-corrected chi connectivity index (χ4v) is 3.55. The van der Waals surface area contributed by atoms with Gasteiger partial charge in [0.05, 0.1) is 18.6 Å². The monoisotopic (exact) mass is 425 g/mol. The van der Waals surface area contributed by atoms with Gasteiger partial charge in [0.2, 0.25) is 0 Å². The second-order valence-electron chi connectivity index (χ2n) is 6.32. The van der Waals surface area contributed by atoms with Crippen LogP contribution >= 0.6 is 11.8 Å². The summed E-state index contributed by atoms with van der Waals surface area (Å²) in [5.74, 6) is 1.07. The van der Waals surface area contributed by atoms with Gasteiger partial charge < -0.3 is 14.4 Å². The second-order valence-corrected chi connectivity index (χ2v) is 7.27. The van der Waals surface area contributed by atoms with Crippen LogP contribution in [0.25, 0.3) is 11.4 Å². The molecule has 0 aliphatic heterocycles. The lowest BCUT2D eigenvalue weighted by molar-refractivity contribution is -0.118. The third kappa shape index (κ3) is 4.98. The Hall–Kier alpha value is -3.33. The predicted octanol–water partition coefficient (Wildman–Crippen LogP) is 3.31. The van der Waals surface area contributed by atoms with E-state index in [0.29, 0.717) is 23.2 Å². The van der Waals surface area contributed by atoms with E-state index in [-0.39, 0.29) is 17.4 Å². The Labute approximate surface area is 179 Å². The number of aromatic hydroxyl groups is 1. The van der Waals surface area contributed by atoms with Crippen molar-refractivity contribution in [3.05, 3.63) is 54.1 Å². The third-order valence-electron chi connectivity index (χ3n) is 4.34. The van der Waals surface area contributed by atoms with Crippen LogP contribution in [0.2, 0.25) is 0 Å². The average Bonchev–Trinajstić information content (AvgIpc) is 3.19. The summed E-state index contributed by atoms with van der Waals surface area (Å²) in [7, 11) is 1.47. The van der Waals surface area contributed by atoms with Gasteiger partial charge in [0.15, 0.2) is 22.5 Å². The number of methoxy groups -OCH3 is 1. The number of benzene rings is 2. The minimum Gasteiger partial charge on any atom is -0.504 e. The number of nitrogens with zero attached hydrogens (tertiary/aromatic N) is 4. The normalized spacial score (nSPS) is 11.4. The van der Waals surface area contributed by atoms with E-state index in [1.807, 2.05) is 41.8 Å². The van der Waals surface area contributed by atoms with E-state index in [9.17, 15) is 9.90 Å². The first-order valence-corrected chi connectivity index (χ1v) is 10.3. The van der Waals surface area contributed by atoms with E-state index >= 15 is 0 Å². The molecule has 0 aliphatic rings. The van der Waals surface area contributed by atoms with Gasteiger partial charge in [-0.15, -0.1) is 10.2 Å². The van der Waals surface area contributed by atoms with Crippen molar-refractivity contribution in [1.82, 2.24) is 20.2 Å². The highest BCUT2D eigenvalue weighted by atomic mass is 32.2. The molecule has 0 unspecified atom stereocenters. The standard InChI is InChI=1S/C21H23N5O3S/c1-4-26-20(15-8-6-5-7-9-15)24-25-21(26)30-13-19(28)23-22-14(2)16-10-11-17(27)18(12-16)29-3/h5-12,27H,4,13H2,1-3H3,(H,23,28)/b22-14+. The van der Waals surface area contributed by atoms with Crippen molar-refractivity contribution in [2.45, 2.75) is 25.5 Å². The first kappa shape index (κ1) is 21.4. The van der Waals surface area contributed by atoms with Crippen molar-refractivity contribution in [3.63, 3.8) is 0 Å². The molecule has 0 saturated heterocycles. The zero-order chi connectivity index (χ0) is 21.5. The molecule has 1 heterocycles. The van der Waals surface area contributed by atoms with Crippen LogP contribution in [0, 0.1) is 0 Å². The van der Waals surface area contributed by atoms with Crippen molar-refractivity contribution in [2.75, 3.05) is 12.9 Å². The zero-order valence-electron chi connectivity index (χ0n) is 17.0. The molecule has 2 N–H and O–H groups in total. The van der Waals surface area contributed by atoms with Crippen molar-refractivity contribution in [3.8, 4) is 22.9 Å². The van der Waals surface area contributed by atoms with E-state index in [0.717, 1.165) is 17.0 Å². The third-order valence-corrected chi connectivity index (χ3v) is 5.31. The molecule has 0 fully saturated rings. The number of rotatable bonds is 8. The minimum atomic E-state index is -0.253. The van der Waals surface area contributed by atoms with Crippen LogP contribution in [0.4, 0.5) is 0 Å². The number of phenols is 1. The number of hydrogen-bond acceptors (Lipinski definition) is 7. The molecule has 0 saturated carbocycles. The van der Waals surface area contributed by atoms with Gasteiger partial charge >= 0.3 is 0 Å². The molecule has 2 aromatic carbocycles. The van der Waals surface area contributed by atoms with E-state index < -0.39 is 0 Å². The fourth-order valence-electron chi connectivity index (χ4n) is 2.76. The molecule has 1 amide bonds. The van der Waals surface area contributed by atoms with Crippen molar-refractivity contribution in [2.24, 2.45) is 5.10 Å². The summed E-state index contributed by atoms with van der Waals surface area (Å²) >= 11 is 1.31. The summed E-state index contributed by atoms with van der Waals surface area (Å²) in [5, 5.41) is 23.0. The van der Waals surface area contributed by atoms with Crippen molar-refractivity contribution < 1.29 is 14.6 Å². The van der Waals surface area contributed by atoms with Crippen LogP contribution in [0.1, 0.15) is 19.4 Å². The molecule has 156 valence electrons. The molecule has 0 bridgehead atoms. The largest absolute Gasteiger partial charge is 0.504 e. The summed E-state index contributed by atoms with van der Waals surface area (Å²) in [4.78, 5) is 12.2. The maximum atomic E-state index is 12.2. The summed E-state index contributed by atoms with van der Waals surface area (Å²) in [5.41, 5.74) is 4.85. The Kier molecular flexibility index (Phi) is 7.08. The molecule has 0 spiro atoms. The van der Waals surface area contributed by atoms with Crippen molar-refractivity contribution >= 4 is 23.4 Å². The predicted molar refractivity (Wildman–Crippen MR) is 117 cm³/mol. The Morgan fingerprint density at radius 3 is 2.70 bits per heavy atom. The quantitative estimate of drug-likeness (QED) is 0.326. The highest BCUT2D eigenvalue weighted by Gasteiger charge is 2.14. The Morgan fingerprint density at radius 1 is 1.23 bits per heavy atom. The smallest absolute Gasteiger partial charge is 0.250 e. The number of ether oxygens (including phenoxy) is 1. The van der Waals surface area contributed by atoms with E-state index in [4.69, 9.17) is 4.74 Å². The number of aromatic nitrogens is 3. The molecule has 0 aliphatic carbocycles. The summed E-state index contributed by atoms with van der Waals surface area (Å²) in [6.07, 6.45) is 0. The Balaban J connectivity index is 1.62. The molecule has 3 aromatic rings. The van der Waals surface area contributed by atoms with Crippen LogP contribution in [0.15, 0.2) is 58.8 Å². The summed E-state index contributed by atoms with van der Waals surface area (Å²) < 4.78 is 7.07. The van der Waals surface area contributed by atoms with Crippen LogP contribution in [-0.4, -0.2) is 44.4 Å². The van der Waals surface area contributed by atoms with E-state index in [1.165, 1.54) is 24.9 Å². The molecule has 3 rings (SSSR count). The van der Waals surface area contributed by atoms with E-state index in [1.54, 1.807) is 19.1 Å². The number of carbonyl (C=O) groups excluding carboxylic acids is 1. The minimum absolute atomic E-state index is 0.0457. The second kappa shape index (κ2) is 9.93. The number of amides is 1. The zero-order valence-corrected chi connectivity index (χ0v) is 17.8. The Morgan fingerprint density at radius 2 is 2.00 bits per heavy atom. The number of phenolic OH excluding ortho intramolecular Hbond substituents is 1. The molecule has 0 atom stereocenters. The molecular formula is C21H23N5O3S. The van der Waals surface area contributed by atoms with Gasteiger partial charge in [0.25, 0.3) is 5.91 Å². The van der Waals surface area contributed by atoms with Crippen LogP contribution < -0.4 is 10.2 Å². The van der Waals surface area contributed by atoms with Crippen LogP contribution in [0.3, 0.4) is 0 Å². The van der Waals surface area contributed by atoms with Crippen LogP contribution in [-0.2, 0) is 11.3 Å². The highest BCUT2D eigenvalue weighted by molar-refractivity contribution is 7.99. The molecule has 8 nitrogen and oxygen atoms in total. The topological polar surface area (TPSA) is 102 Å². The van der Waals surface area contributed by atoms with Crippen LogP contribution in [0.5, 0.6) is 11.5 Å². The lowest BCUT2D eigenvalue weighted by Crippen LogP contribution is -2.21. The summed E-state index contributed by atoms with van der Waals surface area (Å²) in [6, 6.07) is 14.7. The lowest BCUT2D eigenvalue weighted by atomic mass is 10.1. The maximum absolute atomic E-state index is 12.2. The molecule has 9 heteroatoms. The first-order chi connectivity index (χ1) is 14.5. The van der Waals surface area contributed by atoms with Gasteiger partial charge in [-0.25, -0.2) is 5.43 Å². The van der Waals surface area contributed by atoms with Gasteiger partial charge in [-0.1, -0.05) is 42.1 Å². The fraction of sp³-hybridized carbons (Fsp3) is 0.238. The van der Waals surface area contributed by atoms with Gasteiger partial charge in [-0.3, -0.25) is 4.79 Å². The molecular weight excluding hydrogens is 402 g/mol. The van der Waals surface area contributed by atoms with Gasteiger partial charge in [-0.2, -0.15) is 5.10 Å². The lowest BCUT2D eigenvalue weighted by Gasteiger charge is -2.08. The summed E-state index contributed by atoms with van der Waals surface area (Å²) in [6.45, 7) is 4.47. The highest BCUT2D eigenvalue weighted by Crippen LogP contribution is 2.26. The SMILES string of the molecule is CCn1c(SCC(=O)N/N=C(\C)c2ccc(O)c(OC)c2)nnc1-c1ccccc1. The number of nitrogens with one attached hydrogen (secondary N) is 1. The number of hydrazone groups is 1. The van der Waals surface area contributed by atoms with E-state index in [2.05, 4.69) is 20.7 Å². The number of thioether (sulfide) groups is 1. The molecule has 0 radical (unpaired) electrons. The number of hydrogen-bond donors (Lipinski definition) is 2.